The molecule has 4 rings (SSSR count). The van der Waals surface area contributed by atoms with Gasteiger partial charge in [-0.2, -0.15) is 5.10 Å². The van der Waals surface area contributed by atoms with Crippen LogP contribution in [0.3, 0.4) is 0 Å². The second-order valence-corrected chi connectivity index (χ2v) is 4.73. The number of hydrogen-bond donors (Lipinski definition) is 2. The van der Waals surface area contributed by atoms with E-state index in [9.17, 15) is 8.78 Å². The van der Waals surface area contributed by atoms with Crippen molar-refractivity contribution in [3.8, 4) is 11.3 Å². The van der Waals surface area contributed by atoms with E-state index in [0.29, 0.717) is 17.1 Å². The van der Waals surface area contributed by atoms with Crippen molar-refractivity contribution in [2.24, 2.45) is 4.99 Å². The summed E-state index contributed by atoms with van der Waals surface area (Å²) in [7, 11) is 0. The predicted octanol–water partition coefficient (Wildman–Crippen LogP) is 3.25. The van der Waals surface area contributed by atoms with Gasteiger partial charge in [-0.3, -0.25) is 10.1 Å². The van der Waals surface area contributed by atoms with Crippen LogP contribution in [0.5, 0.6) is 0 Å². The molecule has 0 aliphatic carbocycles. The number of rotatable bonds is 1. The minimum Gasteiger partial charge on any atom is -0.336 e. The Labute approximate surface area is 123 Å². The van der Waals surface area contributed by atoms with E-state index >= 15 is 0 Å². The maximum Gasteiger partial charge on any atom is 0.144 e. The minimum atomic E-state index is -0.691. The van der Waals surface area contributed by atoms with Crippen LogP contribution in [0.4, 0.5) is 20.2 Å². The van der Waals surface area contributed by atoms with E-state index in [4.69, 9.17) is 0 Å². The molecule has 2 N–H and O–H groups in total. The molecular weight excluding hydrogens is 288 g/mol. The number of H-pyrrole nitrogens is 1. The van der Waals surface area contributed by atoms with Gasteiger partial charge in [0.2, 0.25) is 0 Å². The van der Waals surface area contributed by atoms with Gasteiger partial charge in [-0.05, 0) is 18.2 Å². The molecule has 0 saturated carbocycles. The Morgan fingerprint density at radius 1 is 1.00 bits per heavy atom. The van der Waals surface area contributed by atoms with Crippen LogP contribution in [0.2, 0.25) is 0 Å². The van der Waals surface area contributed by atoms with Gasteiger partial charge in [-0.15, -0.1) is 0 Å². The maximum absolute atomic E-state index is 14.0. The molecule has 22 heavy (non-hydrogen) atoms. The Kier molecular flexibility index (Phi) is 2.72. The van der Waals surface area contributed by atoms with E-state index in [1.165, 1.54) is 24.4 Å². The zero-order chi connectivity index (χ0) is 15.1. The predicted molar refractivity (Wildman–Crippen MR) is 78.0 cm³/mol. The van der Waals surface area contributed by atoms with Gasteiger partial charge in [0.25, 0.3) is 0 Å². The molecule has 3 aromatic rings. The van der Waals surface area contributed by atoms with Crippen LogP contribution in [0, 0.1) is 11.6 Å². The van der Waals surface area contributed by atoms with Crippen LogP contribution < -0.4 is 5.32 Å². The van der Waals surface area contributed by atoms with E-state index in [2.05, 4.69) is 25.5 Å². The van der Waals surface area contributed by atoms with Crippen molar-refractivity contribution in [2.45, 2.75) is 0 Å². The summed E-state index contributed by atoms with van der Waals surface area (Å²) >= 11 is 0. The van der Waals surface area contributed by atoms with Crippen molar-refractivity contribution in [1.29, 1.82) is 0 Å². The molecule has 0 fully saturated rings. The molecule has 3 heterocycles. The Hall–Kier alpha value is -3.09. The lowest BCUT2D eigenvalue weighted by atomic mass is 10.1. The normalized spacial score (nSPS) is 12.7. The monoisotopic (exact) mass is 297 g/mol. The first-order valence-corrected chi connectivity index (χ1v) is 6.52. The van der Waals surface area contributed by atoms with E-state index in [0.717, 1.165) is 5.56 Å². The average Bonchev–Trinajstić information content (AvgIpc) is 2.90. The SMILES string of the molecule is Fc1cccc(F)c1C1=Nc2cnccc2-c2[nH]ncc2N1. The summed E-state index contributed by atoms with van der Waals surface area (Å²) < 4.78 is 28.1. The third-order valence-corrected chi connectivity index (χ3v) is 3.39. The number of fused-ring (bicyclic) bond motifs is 3. The lowest BCUT2D eigenvalue weighted by Gasteiger charge is -2.09. The molecule has 0 bridgehead atoms. The summed E-state index contributed by atoms with van der Waals surface area (Å²) in [6, 6.07) is 5.45. The van der Waals surface area contributed by atoms with Crippen molar-refractivity contribution in [1.82, 2.24) is 15.2 Å². The number of amidine groups is 1. The highest BCUT2D eigenvalue weighted by atomic mass is 19.1. The molecule has 1 aromatic carbocycles. The number of halogens is 2. The van der Waals surface area contributed by atoms with Crippen molar-refractivity contribution in [2.75, 3.05) is 5.32 Å². The molecular formula is C15H9F2N5. The van der Waals surface area contributed by atoms with E-state index < -0.39 is 11.6 Å². The van der Waals surface area contributed by atoms with Crippen molar-refractivity contribution < 1.29 is 8.78 Å². The number of hydrogen-bond acceptors (Lipinski definition) is 4. The highest BCUT2D eigenvalue weighted by Crippen LogP contribution is 2.36. The van der Waals surface area contributed by atoms with Crippen LogP contribution in [0.25, 0.3) is 11.3 Å². The molecule has 0 radical (unpaired) electrons. The van der Waals surface area contributed by atoms with E-state index in [1.807, 2.05) is 0 Å². The van der Waals surface area contributed by atoms with Crippen LogP contribution in [0.1, 0.15) is 5.56 Å². The number of aromatic nitrogens is 3. The molecule has 0 spiro atoms. The summed E-state index contributed by atoms with van der Waals surface area (Å²) in [5, 5.41) is 9.75. The van der Waals surface area contributed by atoms with Crippen molar-refractivity contribution >= 4 is 17.2 Å². The number of nitrogens with one attached hydrogen (secondary N) is 2. The van der Waals surface area contributed by atoms with Gasteiger partial charge in [0.1, 0.15) is 17.5 Å². The number of anilines is 1. The Bertz CT molecular complexity index is 880. The molecule has 108 valence electrons. The number of aromatic amines is 1. The highest BCUT2D eigenvalue weighted by Gasteiger charge is 2.22. The Morgan fingerprint density at radius 2 is 1.82 bits per heavy atom. The van der Waals surface area contributed by atoms with Gasteiger partial charge in [0.15, 0.2) is 0 Å². The summed E-state index contributed by atoms with van der Waals surface area (Å²) in [5.74, 6) is -1.31. The summed E-state index contributed by atoms with van der Waals surface area (Å²) in [5.41, 5.74) is 2.31. The molecule has 1 aliphatic rings. The smallest absolute Gasteiger partial charge is 0.144 e. The zero-order valence-corrected chi connectivity index (χ0v) is 11.1. The highest BCUT2D eigenvalue weighted by molar-refractivity contribution is 6.13. The topological polar surface area (TPSA) is 66.0 Å². The maximum atomic E-state index is 14.0. The molecule has 5 nitrogen and oxygen atoms in total. The molecule has 2 aromatic heterocycles. The summed E-state index contributed by atoms with van der Waals surface area (Å²) in [4.78, 5) is 8.35. The van der Waals surface area contributed by atoms with Crippen molar-refractivity contribution in [3.63, 3.8) is 0 Å². The lowest BCUT2D eigenvalue weighted by Crippen LogP contribution is -2.16. The third kappa shape index (κ3) is 1.86. The van der Waals surface area contributed by atoms with Gasteiger partial charge >= 0.3 is 0 Å². The Balaban J connectivity index is 1.99. The van der Waals surface area contributed by atoms with E-state index in [-0.39, 0.29) is 11.4 Å². The van der Waals surface area contributed by atoms with Gasteiger partial charge in [-0.1, -0.05) is 6.07 Å². The fraction of sp³-hybridized carbons (Fsp3) is 0. The quantitative estimate of drug-likeness (QED) is 0.724. The first-order valence-electron chi connectivity index (χ1n) is 6.52. The molecule has 0 amide bonds. The fourth-order valence-corrected chi connectivity index (χ4v) is 2.39. The molecule has 0 saturated heterocycles. The largest absolute Gasteiger partial charge is 0.336 e. The molecule has 7 heteroatoms. The van der Waals surface area contributed by atoms with Gasteiger partial charge < -0.3 is 5.32 Å². The molecule has 0 atom stereocenters. The first kappa shape index (κ1) is 12.6. The standard InChI is InChI=1S/C15H9F2N5/c16-9-2-1-3-10(17)13(9)15-20-11-6-18-5-4-8(11)14-12(21-15)7-19-22-14/h1-7H,(H,19,22)(H,20,21). The van der Waals surface area contributed by atoms with Gasteiger partial charge in [0, 0.05) is 11.8 Å². The summed E-state index contributed by atoms with van der Waals surface area (Å²) in [6.07, 6.45) is 4.69. The second-order valence-electron chi connectivity index (χ2n) is 4.73. The lowest BCUT2D eigenvalue weighted by molar-refractivity contribution is 0.579. The average molecular weight is 297 g/mol. The number of pyridine rings is 1. The van der Waals surface area contributed by atoms with Crippen LogP contribution in [-0.2, 0) is 0 Å². The number of benzene rings is 1. The van der Waals surface area contributed by atoms with Crippen LogP contribution in [0.15, 0.2) is 47.8 Å². The van der Waals surface area contributed by atoms with Crippen molar-refractivity contribution in [3.05, 3.63) is 60.1 Å². The summed E-state index contributed by atoms with van der Waals surface area (Å²) in [6.45, 7) is 0. The number of aliphatic imine (C=N–C) groups is 1. The molecule has 0 unspecified atom stereocenters. The van der Waals surface area contributed by atoms with E-state index in [1.54, 1.807) is 18.5 Å². The first-order chi connectivity index (χ1) is 10.7. The third-order valence-electron chi connectivity index (χ3n) is 3.39. The Morgan fingerprint density at radius 3 is 2.64 bits per heavy atom. The van der Waals surface area contributed by atoms with Crippen LogP contribution in [-0.4, -0.2) is 21.0 Å². The van der Waals surface area contributed by atoms with Crippen LogP contribution >= 0.6 is 0 Å². The number of nitrogens with zero attached hydrogens (tertiary/aromatic N) is 3. The molecule has 1 aliphatic heterocycles. The van der Waals surface area contributed by atoms with Gasteiger partial charge in [0.05, 0.1) is 35.0 Å². The van der Waals surface area contributed by atoms with Gasteiger partial charge in [-0.25, -0.2) is 13.8 Å². The zero-order valence-electron chi connectivity index (χ0n) is 11.1. The fourth-order valence-electron chi connectivity index (χ4n) is 2.39. The second kappa shape index (κ2) is 4.73. The minimum absolute atomic E-state index is 0.0741.